The van der Waals surface area contributed by atoms with Crippen LogP contribution in [0.3, 0.4) is 0 Å². The molecule has 2 fully saturated rings. The molecule has 7 aliphatic rings. The average molecular weight is 787 g/mol. The van der Waals surface area contributed by atoms with Crippen molar-refractivity contribution in [2.45, 2.75) is 109 Å². The van der Waals surface area contributed by atoms with E-state index in [9.17, 15) is 28.8 Å². The van der Waals surface area contributed by atoms with Gasteiger partial charge in [-0.05, 0) is 110 Å². The van der Waals surface area contributed by atoms with E-state index in [0.717, 1.165) is 78.9 Å². The van der Waals surface area contributed by atoms with Gasteiger partial charge in [0.1, 0.15) is 6.04 Å². The highest BCUT2D eigenvalue weighted by atomic mass is 16.2. The van der Waals surface area contributed by atoms with E-state index in [1.165, 1.54) is 40.9 Å². The summed E-state index contributed by atoms with van der Waals surface area (Å²) in [6.07, 6.45) is 10.1. The second kappa shape index (κ2) is 14.5. The molecule has 7 heterocycles. The van der Waals surface area contributed by atoms with Gasteiger partial charge in [0.2, 0.25) is 23.6 Å². The van der Waals surface area contributed by atoms with E-state index in [0.29, 0.717) is 51.3 Å². The van der Waals surface area contributed by atoms with E-state index >= 15 is 0 Å². The maximum Gasteiger partial charge on any atom is 0.262 e. The van der Waals surface area contributed by atoms with Crippen LogP contribution in [0.2, 0.25) is 0 Å². The lowest BCUT2D eigenvalue weighted by Gasteiger charge is -2.36. The molecule has 14 heteroatoms. The number of carbonyl (C=O) groups is 6. The van der Waals surface area contributed by atoms with Crippen LogP contribution in [0.5, 0.6) is 0 Å². The third kappa shape index (κ3) is 6.31. The summed E-state index contributed by atoms with van der Waals surface area (Å²) in [5, 5.41) is 7.66. The molecule has 2 aromatic carbocycles. The number of aromatic nitrogens is 2. The van der Waals surface area contributed by atoms with Crippen LogP contribution in [0.25, 0.3) is 0 Å². The van der Waals surface area contributed by atoms with E-state index in [1.54, 1.807) is 19.1 Å². The Bertz CT molecular complexity index is 2290. The van der Waals surface area contributed by atoms with Crippen molar-refractivity contribution in [2.24, 2.45) is 0 Å². The van der Waals surface area contributed by atoms with Gasteiger partial charge in [-0.1, -0.05) is 6.07 Å². The molecule has 1 atom stereocenters. The van der Waals surface area contributed by atoms with Crippen LogP contribution in [-0.2, 0) is 64.4 Å². The number of anilines is 2. The first-order valence-electron chi connectivity index (χ1n) is 21.3. The number of benzene rings is 2. The molecule has 0 spiro atoms. The van der Waals surface area contributed by atoms with E-state index in [2.05, 4.69) is 31.9 Å². The summed E-state index contributed by atoms with van der Waals surface area (Å²) >= 11 is 0. The zero-order valence-corrected chi connectivity index (χ0v) is 33.2. The van der Waals surface area contributed by atoms with Crippen LogP contribution in [0, 0.1) is 0 Å². The maximum absolute atomic E-state index is 13.8. The first kappa shape index (κ1) is 36.9. The molecule has 2 saturated heterocycles. The van der Waals surface area contributed by atoms with Crippen molar-refractivity contribution < 1.29 is 28.8 Å². The number of nitrogens with zero attached hydrogens (tertiary/aromatic N) is 7. The molecule has 1 N–H and O–H groups in total. The van der Waals surface area contributed by atoms with Gasteiger partial charge in [0.15, 0.2) is 5.82 Å². The fraction of sp³-hybridized carbons (Fsp3) is 0.523. The highest BCUT2D eigenvalue weighted by Gasteiger charge is 2.45. The van der Waals surface area contributed by atoms with Gasteiger partial charge >= 0.3 is 0 Å². The Morgan fingerprint density at radius 1 is 0.707 bits per heavy atom. The van der Waals surface area contributed by atoms with Crippen molar-refractivity contribution in [2.75, 3.05) is 44.2 Å². The van der Waals surface area contributed by atoms with Gasteiger partial charge in [0.25, 0.3) is 11.8 Å². The minimum Gasteiger partial charge on any atom is -0.341 e. The van der Waals surface area contributed by atoms with Gasteiger partial charge in [0.05, 0.1) is 30.3 Å². The van der Waals surface area contributed by atoms with Crippen molar-refractivity contribution in [1.29, 1.82) is 0 Å². The van der Waals surface area contributed by atoms with Crippen molar-refractivity contribution in [1.82, 2.24) is 34.7 Å². The Morgan fingerprint density at radius 3 is 2.16 bits per heavy atom. The van der Waals surface area contributed by atoms with Crippen LogP contribution in [-0.4, -0.2) is 110 Å². The second-order valence-electron chi connectivity index (χ2n) is 17.3. The average Bonchev–Trinajstić information content (AvgIpc) is 3.72. The zero-order valence-electron chi connectivity index (χ0n) is 33.2. The Hall–Kier alpha value is -5.37. The fourth-order valence-corrected chi connectivity index (χ4v) is 10.6. The molecule has 0 saturated carbocycles. The van der Waals surface area contributed by atoms with E-state index in [1.807, 2.05) is 9.80 Å². The van der Waals surface area contributed by atoms with E-state index in [-0.39, 0.29) is 42.8 Å². The highest BCUT2D eigenvalue weighted by Crippen LogP contribution is 2.42. The molecule has 6 amide bonds. The standard InChI is InChI=1S/C44H50N8O6/c1-26(53)49-18-13-36-35(24-49)41(50-14-4-7-30-19-27-5-2-3-6-28(27)22-38(30)50)46-52(36)32-11-16-48(17-12-32)40(55)25-47-15-10-29-20-33-34(21-31(29)23-47)44(58)51(43(33)57)37-8-9-39(54)45-42(37)56/h19-22,32,37H,2-18,23-25H2,1H3,(H,45,54,56). The van der Waals surface area contributed by atoms with Crippen LogP contribution in [0.1, 0.15) is 118 Å². The number of hydrogen-bond acceptors (Lipinski definition) is 9. The summed E-state index contributed by atoms with van der Waals surface area (Å²) in [5.41, 5.74) is 10.5. The lowest BCUT2D eigenvalue weighted by atomic mass is 9.87. The lowest BCUT2D eigenvalue weighted by molar-refractivity contribution is -0.136. The molecular weight excluding hydrogens is 737 g/mol. The number of rotatable bonds is 5. The molecule has 0 bridgehead atoms. The fourth-order valence-electron chi connectivity index (χ4n) is 10.6. The normalized spacial score (nSPS) is 22.3. The molecular formula is C44H50N8O6. The number of fused-ring (bicyclic) bond motifs is 5. The predicted octanol–water partition coefficient (Wildman–Crippen LogP) is 3.37. The molecule has 10 rings (SSSR count). The minimum absolute atomic E-state index is 0.0730. The summed E-state index contributed by atoms with van der Waals surface area (Å²) in [7, 11) is 0. The lowest BCUT2D eigenvalue weighted by Crippen LogP contribution is -2.54. The number of amides is 6. The number of imide groups is 2. The highest BCUT2D eigenvalue weighted by molar-refractivity contribution is 6.23. The molecule has 1 aromatic heterocycles. The van der Waals surface area contributed by atoms with Crippen LogP contribution < -0.4 is 10.2 Å². The number of piperidine rings is 2. The quantitative estimate of drug-likeness (QED) is 0.385. The maximum atomic E-state index is 13.8. The topological polar surface area (TPSA) is 148 Å². The van der Waals surface area contributed by atoms with Crippen molar-refractivity contribution in [3.8, 4) is 0 Å². The number of likely N-dealkylation sites (tertiary alicyclic amines) is 1. The van der Waals surface area contributed by atoms with Crippen molar-refractivity contribution in [3.05, 3.63) is 74.5 Å². The Morgan fingerprint density at radius 2 is 1.41 bits per heavy atom. The van der Waals surface area contributed by atoms with E-state index < -0.39 is 29.7 Å². The first-order valence-corrected chi connectivity index (χ1v) is 21.3. The van der Waals surface area contributed by atoms with E-state index in [4.69, 9.17) is 5.10 Å². The van der Waals surface area contributed by atoms with Crippen LogP contribution >= 0.6 is 0 Å². The Labute approximate surface area is 337 Å². The van der Waals surface area contributed by atoms with Gasteiger partial charge in [-0.25, -0.2) is 0 Å². The SMILES string of the molecule is CC(=O)N1CCc2c(c(N3CCCc4cc5c(cc43)CCCC5)nn2C2CCN(C(=O)CN3CCc4cc5c(cc4C3)C(=O)N(C3CCC(=O)NC3=O)C5=O)CC2)C1. The Kier molecular flexibility index (Phi) is 9.22. The molecule has 14 nitrogen and oxygen atoms in total. The molecule has 1 aliphatic carbocycles. The summed E-state index contributed by atoms with van der Waals surface area (Å²) in [4.78, 5) is 86.9. The number of hydrogen-bond donors (Lipinski definition) is 1. The third-order valence-corrected chi connectivity index (χ3v) is 13.8. The second-order valence-corrected chi connectivity index (χ2v) is 17.3. The summed E-state index contributed by atoms with van der Waals surface area (Å²) in [6.45, 7) is 6.46. The molecule has 6 aliphatic heterocycles. The molecule has 3 aromatic rings. The van der Waals surface area contributed by atoms with Crippen LogP contribution in [0.4, 0.5) is 11.5 Å². The minimum atomic E-state index is -1.00. The number of carbonyl (C=O) groups excluding carboxylic acids is 6. The Balaban J connectivity index is 0.821. The van der Waals surface area contributed by atoms with Gasteiger partial charge in [-0.15, -0.1) is 0 Å². The number of nitrogens with one attached hydrogen (secondary N) is 1. The van der Waals surface area contributed by atoms with Gasteiger partial charge < -0.3 is 14.7 Å². The summed E-state index contributed by atoms with van der Waals surface area (Å²) in [5.74, 6) is -0.898. The monoisotopic (exact) mass is 786 g/mol. The molecule has 58 heavy (non-hydrogen) atoms. The largest absolute Gasteiger partial charge is 0.341 e. The van der Waals surface area contributed by atoms with Gasteiger partial charge in [-0.3, -0.25) is 48.6 Å². The zero-order chi connectivity index (χ0) is 39.8. The van der Waals surface area contributed by atoms with Crippen molar-refractivity contribution in [3.63, 3.8) is 0 Å². The third-order valence-electron chi connectivity index (χ3n) is 13.8. The molecule has 1 unspecified atom stereocenters. The molecule has 302 valence electrons. The summed E-state index contributed by atoms with van der Waals surface area (Å²) < 4.78 is 2.25. The van der Waals surface area contributed by atoms with Crippen LogP contribution in [0.15, 0.2) is 24.3 Å². The van der Waals surface area contributed by atoms with Gasteiger partial charge in [0, 0.05) is 76.0 Å². The smallest absolute Gasteiger partial charge is 0.262 e. The van der Waals surface area contributed by atoms with Gasteiger partial charge in [-0.2, -0.15) is 5.10 Å². The number of aryl methyl sites for hydroxylation is 3. The summed E-state index contributed by atoms with van der Waals surface area (Å²) in [6, 6.07) is 7.56. The molecule has 0 radical (unpaired) electrons. The first-order chi connectivity index (χ1) is 28.1. The van der Waals surface area contributed by atoms with Crippen molar-refractivity contribution >= 4 is 46.9 Å². The predicted molar refractivity (Wildman–Crippen MR) is 212 cm³/mol.